The number of aromatic hydroxyl groups is 1. The molecule has 1 aliphatic rings. The molecule has 86 valence electrons. The van der Waals surface area contributed by atoms with Crippen molar-refractivity contribution in [2.75, 3.05) is 7.05 Å². The van der Waals surface area contributed by atoms with E-state index in [2.05, 4.69) is 0 Å². The lowest BCUT2D eigenvalue weighted by atomic mass is 10.2. The van der Waals surface area contributed by atoms with Crippen LogP contribution < -0.4 is 5.73 Å². The van der Waals surface area contributed by atoms with Gasteiger partial charge in [-0.1, -0.05) is 12.1 Å². The predicted molar refractivity (Wildman–Crippen MR) is 60.7 cm³/mol. The summed E-state index contributed by atoms with van der Waals surface area (Å²) in [6, 6.07) is 6.97. The molecule has 1 amide bonds. The number of carbonyl (C=O) groups excluding carboxylic acids is 1. The molecule has 1 saturated carbocycles. The minimum absolute atomic E-state index is 0.00214. The van der Waals surface area contributed by atoms with E-state index in [-0.39, 0.29) is 23.6 Å². The van der Waals surface area contributed by atoms with Crippen LogP contribution in [0, 0.1) is 5.92 Å². The van der Waals surface area contributed by atoms with Crippen LogP contribution in [-0.4, -0.2) is 29.0 Å². The molecule has 0 bridgehead atoms. The van der Waals surface area contributed by atoms with E-state index in [0.29, 0.717) is 6.54 Å². The highest BCUT2D eigenvalue weighted by atomic mass is 16.3. The van der Waals surface area contributed by atoms with Gasteiger partial charge in [0.05, 0.1) is 5.92 Å². The number of nitrogens with zero attached hydrogens (tertiary/aromatic N) is 1. The SMILES string of the molecule is CN(Cc1cccc(O)c1)C(=O)C1CC1N. The highest BCUT2D eigenvalue weighted by molar-refractivity contribution is 5.82. The Balaban J connectivity index is 1.96. The number of phenolic OH excluding ortho intramolecular Hbond substituents is 1. The quantitative estimate of drug-likeness (QED) is 0.788. The van der Waals surface area contributed by atoms with Gasteiger partial charge in [-0.25, -0.2) is 0 Å². The molecule has 2 atom stereocenters. The molecule has 1 aliphatic carbocycles. The van der Waals surface area contributed by atoms with Gasteiger partial charge in [-0.15, -0.1) is 0 Å². The standard InChI is InChI=1S/C12H16N2O2/c1-14(12(16)10-6-11(10)13)7-8-3-2-4-9(15)5-8/h2-5,10-11,15H,6-7,13H2,1H3. The molecule has 1 aromatic carbocycles. The summed E-state index contributed by atoms with van der Waals surface area (Å²) in [7, 11) is 1.76. The molecule has 0 aliphatic heterocycles. The molecule has 4 nitrogen and oxygen atoms in total. The summed E-state index contributed by atoms with van der Waals surface area (Å²) < 4.78 is 0. The number of phenols is 1. The fraction of sp³-hybridized carbons (Fsp3) is 0.417. The molecule has 3 N–H and O–H groups in total. The van der Waals surface area contributed by atoms with E-state index in [9.17, 15) is 9.90 Å². The smallest absolute Gasteiger partial charge is 0.227 e. The summed E-state index contributed by atoms with van der Waals surface area (Å²) >= 11 is 0. The van der Waals surface area contributed by atoms with Gasteiger partial charge < -0.3 is 15.7 Å². The Morgan fingerprint density at radius 3 is 2.88 bits per heavy atom. The minimum Gasteiger partial charge on any atom is -0.508 e. The van der Waals surface area contributed by atoms with Gasteiger partial charge in [0.1, 0.15) is 5.75 Å². The molecule has 0 aromatic heterocycles. The van der Waals surface area contributed by atoms with Crippen molar-refractivity contribution in [2.45, 2.75) is 19.0 Å². The molecule has 2 unspecified atom stereocenters. The summed E-state index contributed by atoms with van der Waals surface area (Å²) in [5.41, 5.74) is 6.56. The average Bonchev–Trinajstić information content (AvgIpc) is 2.94. The largest absolute Gasteiger partial charge is 0.508 e. The van der Waals surface area contributed by atoms with Gasteiger partial charge >= 0.3 is 0 Å². The lowest BCUT2D eigenvalue weighted by Gasteiger charge is -2.17. The third-order valence-corrected chi connectivity index (χ3v) is 2.86. The van der Waals surface area contributed by atoms with Crippen molar-refractivity contribution in [3.63, 3.8) is 0 Å². The monoisotopic (exact) mass is 220 g/mol. The Morgan fingerprint density at radius 1 is 1.62 bits per heavy atom. The second-order valence-electron chi connectivity index (χ2n) is 4.37. The van der Waals surface area contributed by atoms with Gasteiger partial charge in [-0.2, -0.15) is 0 Å². The van der Waals surface area contributed by atoms with E-state index in [4.69, 9.17) is 5.73 Å². The van der Waals surface area contributed by atoms with Crippen LogP contribution in [-0.2, 0) is 11.3 Å². The summed E-state index contributed by atoms with van der Waals surface area (Å²) in [6.45, 7) is 0.510. The van der Waals surface area contributed by atoms with E-state index in [1.54, 1.807) is 30.1 Å². The van der Waals surface area contributed by atoms with Crippen LogP contribution >= 0.6 is 0 Å². The van der Waals surface area contributed by atoms with Crippen molar-refractivity contribution in [3.8, 4) is 5.75 Å². The number of hydrogen-bond acceptors (Lipinski definition) is 3. The summed E-state index contributed by atoms with van der Waals surface area (Å²) in [5, 5.41) is 9.30. The van der Waals surface area contributed by atoms with Crippen molar-refractivity contribution < 1.29 is 9.90 Å². The molecule has 2 rings (SSSR count). The minimum atomic E-state index is 0.00214. The normalized spacial score (nSPS) is 22.9. The second kappa shape index (κ2) is 4.14. The zero-order valence-corrected chi connectivity index (χ0v) is 9.26. The van der Waals surface area contributed by atoms with Gasteiger partial charge in [0.25, 0.3) is 0 Å². The van der Waals surface area contributed by atoms with Gasteiger partial charge in [-0.3, -0.25) is 4.79 Å². The molecular formula is C12H16N2O2. The van der Waals surface area contributed by atoms with Gasteiger partial charge in [0, 0.05) is 19.6 Å². The van der Waals surface area contributed by atoms with E-state index >= 15 is 0 Å². The molecule has 0 radical (unpaired) electrons. The number of nitrogens with two attached hydrogens (primary N) is 1. The number of hydrogen-bond donors (Lipinski definition) is 2. The Labute approximate surface area is 94.7 Å². The van der Waals surface area contributed by atoms with Crippen LogP contribution in [0.25, 0.3) is 0 Å². The number of benzene rings is 1. The second-order valence-corrected chi connectivity index (χ2v) is 4.37. The molecule has 0 saturated heterocycles. The first-order valence-electron chi connectivity index (χ1n) is 5.36. The number of rotatable bonds is 3. The topological polar surface area (TPSA) is 66.6 Å². The molecule has 0 spiro atoms. The van der Waals surface area contributed by atoms with Gasteiger partial charge in [-0.05, 0) is 24.1 Å². The molecule has 1 fully saturated rings. The Morgan fingerprint density at radius 2 is 2.31 bits per heavy atom. The molecular weight excluding hydrogens is 204 g/mol. The van der Waals surface area contributed by atoms with E-state index in [1.807, 2.05) is 6.07 Å². The van der Waals surface area contributed by atoms with Crippen LogP contribution in [0.5, 0.6) is 5.75 Å². The fourth-order valence-corrected chi connectivity index (χ4v) is 1.79. The third kappa shape index (κ3) is 2.33. The first kappa shape index (κ1) is 11.0. The maximum atomic E-state index is 11.8. The first-order chi connectivity index (χ1) is 7.58. The van der Waals surface area contributed by atoms with Crippen molar-refractivity contribution in [1.82, 2.24) is 4.90 Å². The predicted octanol–water partition coefficient (Wildman–Crippen LogP) is 0.698. The van der Waals surface area contributed by atoms with E-state index in [1.165, 1.54) is 0 Å². The number of amides is 1. The van der Waals surface area contributed by atoms with E-state index < -0.39 is 0 Å². The van der Waals surface area contributed by atoms with Gasteiger partial charge in [0.15, 0.2) is 0 Å². The van der Waals surface area contributed by atoms with Crippen LogP contribution in [0.1, 0.15) is 12.0 Å². The highest BCUT2D eigenvalue weighted by Crippen LogP contribution is 2.30. The summed E-state index contributed by atoms with van der Waals surface area (Å²) in [6.07, 6.45) is 0.795. The first-order valence-corrected chi connectivity index (χ1v) is 5.36. The van der Waals surface area contributed by atoms with Crippen molar-refractivity contribution >= 4 is 5.91 Å². The third-order valence-electron chi connectivity index (χ3n) is 2.86. The Bertz CT molecular complexity index is 406. The summed E-state index contributed by atoms with van der Waals surface area (Å²) in [5.74, 6) is 0.319. The maximum Gasteiger partial charge on any atom is 0.227 e. The Hall–Kier alpha value is -1.55. The Kier molecular flexibility index (Phi) is 2.83. The zero-order valence-electron chi connectivity index (χ0n) is 9.26. The van der Waals surface area contributed by atoms with Crippen LogP contribution in [0.15, 0.2) is 24.3 Å². The highest BCUT2D eigenvalue weighted by Gasteiger charge is 2.41. The maximum absolute atomic E-state index is 11.8. The van der Waals surface area contributed by atoms with Crippen molar-refractivity contribution in [3.05, 3.63) is 29.8 Å². The lowest BCUT2D eigenvalue weighted by molar-refractivity contribution is -0.131. The lowest BCUT2D eigenvalue weighted by Crippen LogP contribution is -2.29. The molecule has 16 heavy (non-hydrogen) atoms. The van der Waals surface area contributed by atoms with Gasteiger partial charge in [0.2, 0.25) is 5.91 Å². The van der Waals surface area contributed by atoms with Crippen molar-refractivity contribution in [2.24, 2.45) is 11.7 Å². The fourth-order valence-electron chi connectivity index (χ4n) is 1.79. The summed E-state index contributed by atoms with van der Waals surface area (Å²) in [4.78, 5) is 13.4. The average molecular weight is 220 g/mol. The van der Waals surface area contributed by atoms with Crippen LogP contribution in [0.2, 0.25) is 0 Å². The number of carbonyl (C=O) groups is 1. The van der Waals surface area contributed by atoms with Crippen molar-refractivity contribution in [1.29, 1.82) is 0 Å². The van der Waals surface area contributed by atoms with E-state index in [0.717, 1.165) is 12.0 Å². The zero-order chi connectivity index (χ0) is 11.7. The molecule has 4 heteroatoms. The molecule has 1 aromatic rings. The van der Waals surface area contributed by atoms with Crippen LogP contribution in [0.3, 0.4) is 0 Å². The van der Waals surface area contributed by atoms with Crippen LogP contribution in [0.4, 0.5) is 0 Å². The molecule has 0 heterocycles.